The number of carbonyl (C=O) groups excluding carboxylic acids is 2. The quantitative estimate of drug-likeness (QED) is 0.800. The van der Waals surface area contributed by atoms with E-state index in [4.69, 9.17) is 0 Å². The second-order valence-corrected chi connectivity index (χ2v) is 4.53. The molecule has 1 fully saturated rings. The first kappa shape index (κ1) is 12.6. The lowest BCUT2D eigenvalue weighted by Crippen LogP contribution is -2.36. The second kappa shape index (κ2) is 5.21. The molecule has 0 radical (unpaired) electrons. The molecule has 0 heterocycles. The largest absolute Gasteiger partial charge is 0.469 e. The van der Waals surface area contributed by atoms with Crippen molar-refractivity contribution >= 4 is 11.9 Å². The molecule has 1 aromatic rings. The number of hydrogen-bond acceptors (Lipinski definition) is 3. The molecule has 1 aliphatic carbocycles. The van der Waals surface area contributed by atoms with Crippen molar-refractivity contribution in [3.05, 3.63) is 35.9 Å². The van der Waals surface area contributed by atoms with E-state index < -0.39 is 0 Å². The van der Waals surface area contributed by atoms with Crippen LogP contribution in [0.4, 0.5) is 0 Å². The smallest absolute Gasteiger partial charge is 0.307 e. The number of benzene rings is 1. The fourth-order valence-corrected chi connectivity index (χ4v) is 2.08. The lowest BCUT2D eigenvalue weighted by molar-refractivity contribution is -0.140. The first-order valence-corrected chi connectivity index (χ1v) is 6.10. The number of esters is 1. The predicted molar refractivity (Wildman–Crippen MR) is 67.0 cm³/mol. The third kappa shape index (κ3) is 2.53. The highest BCUT2D eigenvalue weighted by molar-refractivity contribution is 5.91. The lowest BCUT2D eigenvalue weighted by atomic mass is 9.95. The predicted octanol–water partition coefficient (Wildman–Crippen LogP) is 1.40. The highest BCUT2D eigenvalue weighted by Crippen LogP contribution is 2.48. The molecular weight excluding hydrogens is 230 g/mol. The zero-order valence-corrected chi connectivity index (χ0v) is 10.4. The molecule has 1 saturated carbocycles. The zero-order chi connectivity index (χ0) is 13.0. The molecule has 1 amide bonds. The van der Waals surface area contributed by atoms with Gasteiger partial charge in [0.25, 0.3) is 0 Å². The molecule has 0 aliphatic heterocycles. The molecule has 2 rings (SSSR count). The van der Waals surface area contributed by atoms with Gasteiger partial charge in [0.15, 0.2) is 0 Å². The van der Waals surface area contributed by atoms with Gasteiger partial charge in [-0.15, -0.1) is 0 Å². The summed E-state index contributed by atoms with van der Waals surface area (Å²) in [7, 11) is 1.34. The summed E-state index contributed by atoms with van der Waals surface area (Å²) in [4.78, 5) is 23.1. The van der Waals surface area contributed by atoms with Crippen LogP contribution in [-0.4, -0.2) is 25.5 Å². The van der Waals surface area contributed by atoms with Gasteiger partial charge in [0.1, 0.15) is 0 Å². The molecular formula is C14H17NO3. The number of methoxy groups -OCH3 is 1. The van der Waals surface area contributed by atoms with E-state index in [1.807, 2.05) is 30.3 Å². The summed E-state index contributed by atoms with van der Waals surface area (Å²) >= 11 is 0. The van der Waals surface area contributed by atoms with Crippen molar-refractivity contribution in [2.45, 2.75) is 24.7 Å². The fourth-order valence-electron chi connectivity index (χ4n) is 2.08. The summed E-state index contributed by atoms with van der Waals surface area (Å²) in [5.41, 5.74) is 0.692. The Morgan fingerprint density at radius 1 is 1.28 bits per heavy atom. The molecule has 0 saturated heterocycles. The van der Waals surface area contributed by atoms with Crippen LogP contribution < -0.4 is 5.32 Å². The Hall–Kier alpha value is -1.84. The Balaban J connectivity index is 1.91. The molecule has 1 aromatic carbocycles. The van der Waals surface area contributed by atoms with Crippen LogP contribution in [0.2, 0.25) is 0 Å². The fraction of sp³-hybridized carbons (Fsp3) is 0.429. The molecule has 1 aliphatic rings. The maximum absolute atomic E-state index is 12.1. The minimum Gasteiger partial charge on any atom is -0.469 e. The van der Waals surface area contributed by atoms with E-state index in [0.717, 1.165) is 18.4 Å². The number of hydrogen-bond donors (Lipinski definition) is 1. The van der Waals surface area contributed by atoms with Crippen LogP contribution in [0, 0.1) is 0 Å². The van der Waals surface area contributed by atoms with Crippen molar-refractivity contribution in [3.63, 3.8) is 0 Å². The second-order valence-electron chi connectivity index (χ2n) is 4.53. The molecule has 0 atom stereocenters. The summed E-state index contributed by atoms with van der Waals surface area (Å²) < 4.78 is 4.53. The van der Waals surface area contributed by atoms with Crippen molar-refractivity contribution < 1.29 is 14.3 Å². The summed E-state index contributed by atoms with van der Waals surface area (Å²) in [6.07, 6.45) is 1.97. The van der Waals surface area contributed by atoms with Crippen LogP contribution in [-0.2, 0) is 19.7 Å². The van der Waals surface area contributed by atoms with E-state index in [9.17, 15) is 9.59 Å². The van der Waals surface area contributed by atoms with Crippen LogP contribution in [0.3, 0.4) is 0 Å². The van der Waals surface area contributed by atoms with E-state index in [0.29, 0.717) is 6.54 Å². The third-order valence-electron chi connectivity index (χ3n) is 3.35. The van der Waals surface area contributed by atoms with Crippen molar-refractivity contribution in [2.24, 2.45) is 0 Å². The van der Waals surface area contributed by atoms with Gasteiger partial charge in [0, 0.05) is 6.54 Å². The first-order chi connectivity index (χ1) is 8.69. The Labute approximate surface area is 106 Å². The van der Waals surface area contributed by atoms with Crippen LogP contribution in [0.5, 0.6) is 0 Å². The average molecular weight is 247 g/mol. The standard InChI is InChI=1S/C14H17NO3/c1-18-12(16)7-10-15-13(17)14(8-9-14)11-5-3-2-4-6-11/h2-6H,7-10H2,1H3,(H,15,17). The number of ether oxygens (including phenoxy) is 1. The molecule has 4 heteroatoms. The molecule has 4 nitrogen and oxygen atoms in total. The van der Waals surface area contributed by atoms with Crippen LogP contribution in [0.1, 0.15) is 24.8 Å². The average Bonchev–Trinajstić information content (AvgIpc) is 3.21. The Bertz CT molecular complexity index is 438. The monoisotopic (exact) mass is 247 g/mol. The van der Waals surface area contributed by atoms with E-state index >= 15 is 0 Å². The van der Waals surface area contributed by atoms with Crippen molar-refractivity contribution in [1.82, 2.24) is 5.32 Å². The summed E-state index contributed by atoms with van der Waals surface area (Å²) in [6.45, 7) is 0.333. The zero-order valence-electron chi connectivity index (χ0n) is 10.4. The van der Waals surface area contributed by atoms with E-state index in [1.54, 1.807) is 0 Å². The Kier molecular flexibility index (Phi) is 3.65. The van der Waals surface area contributed by atoms with Crippen molar-refractivity contribution in [2.75, 3.05) is 13.7 Å². The molecule has 0 aromatic heterocycles. The van der Waals surface area contributed by atoms with Crippen molar-refractivity contribution in [3.8, 4) is 0 Å². The van der Waals surface area contributed by atoms with Crippen LogP contribution >= 0.6 is 0 Å². The number of nitrogens with one attached hydrogen (secondary N) is 1. The van der Waals surface area contributed by atoms with E-state index in [2.05, 4.69) is 10.1 Å². The Morgan fingerprint density at radius 2 is 1.94 bits per heavy atom. The topological polar surface area (TPSA) is 55.4 Å². The maximum Gasteiger partial charge on any atom is 0.307 e. The molecule has 18 heavy (non-hydrogen) atoms. The molecule has 0 spiro atoms. The SMILES string of the molecule is COC(=O)CCNC(=O)C1(c2ccccc2)CC1. The lowest BCUT2D eigenvalue weighted by Gasteiger charge is -2.15. The third-order valence-corrected chi connectivity index (χ3v) is 3.35. The van der Waals surface area contributed by atoms with Gasteiger partial charge < -0.3 is 10.1 Å². The molecule has 0 unspecified atom stereocenters. The van der Waals surface area contributed by atoms with Crippen LogP contribution in [0.25, 0.3) is 0 Å². The first-order valence-electron chi connectivity index (χ1n) is 6.10. The normalized spacial score (nSPS) is 15.8. The maximum atomic E-state index is 12.1. The summed E-state index contributed by atoms with van der Waals surface area (Å²) in [5, 5.41) is 2.81. The van der Waals surface area contributed by atoms with Gasteiger partial charge in [-0.2, -0.15) is 0 Å². The summed E-state index contributed by atoms with van der Waals surface area (Å²) in [6, 6.07) is 9.78. The van der Waals surface area contributed by atoms with Gasteiger partial charge >= 0.3 is 5.97 Å². The molecule has 1 N–H and O–H groups in total. The van der Waals surface area contributed by atoms with Gasteiger partial charge in [-0.25, -0.2) is 0 Å². The summed E-state index contributed by atoms with van der Waals surface area (Å²) in [5.74, 6) is -0.294. The Morgan fingerprint density at radius 3 is 2.50 bits per heavy atom. The minimum atomic E-state index is -0.364. The van der Waals surface area contributed by atoms with Crippen molar-refractivity contribution in [1.29, 1.82) is 0 Å². The van der Waals surface area contributed by atoms with Gasteiger partial charge in [-0.3, -0.25) is 9.59 Å². The highest BCUT2D eigenvalue weighted by atomic mass is 16.5. The van der Waals surface area contributed by atoms with Gasteiger partial charge in [0.2, 0.25) is 5.91 Å². The number of amides is 1. The molecule has 0 bridgehead atoms. The van der Waals surface area contributed by atoms with Gasteiger partial charge in [-0.05, 0) is 18.4 Å². The van der Waals surface area contributed by atoms with Crippen LogP contribution in [0.15, 0.2) is 30.3 Å². The number of carbonyl (C=O) groups is 2. The van der Waals surface area contributed by atoms with Gasteiger partial charge in [0.05, 0.1) is 18.9 Å². The van der Waals surface area contributed by atoms with E-state index in [-0.39, 0.29) is 23.7 Å². The van der Waals surface area contributed by atoms with Gasteiger partial charge in [-0.1, -0.05) is 30.3 Å². The van der Waals surface area contributed by atoms with E-state index in [1.165, 1.54) is 7.11 Å². The molecule has 96 valence electrons. The minimum absolute atomic E-state index is 0.0117. The number of rotatable bonds is 5. The highest BCUT2D eigenvalue weighted by Gasteiger charge is 2.50.